The molecule has 0 amide bonds. The van der Waals surface area contributed by atoms with E-state index >= 15 is 0 Å². The van der Waals surface area contributed by atoms with Gasteiger partial charge in [-0.25, -0.2) is 0 Å². The molecule has 0 saturated heterocycles. The summed E-state index contributed by atoms with van der Waals surface area (Å²) in [5, 5.41) is 5.11. The van der Waals surface area contributed by atoms with Gasteiger partial charge < -0.3 is 9.13 Å². The van der Waals surface area contributed by atoms with E-state index in [1.807, 2.05) is 0 Å². The molecule has 2 aromatic heterocycles. The van der Waals surface area contributed by atoms with Crippen LogP contribution in [0.5, 0.6) is 0 Å². The van der Waals surface area contributed by atoms with Gasteiger partial charge in [0.15, 0.2) is 0 Å². The Morgan fingerprint density at radius 1 is 0.344 bits per heavy atom. The van der Waals surface area contributed by atoms with Crippen molar-refractivity contribution in [3.05, 3.63) is 121 Å². The van der Waals surface area contributed by atoms with E-state index in [-0.39, 0.29) is 0 Å². The molecule has 5 aromatic carbocycles. The Kier molecular flexibility index (Phi) is 3.58. The lowest BCUT2D eigenvalue weighted by molar-refractivity contribution is 1.17. The van der Waals surface area contributed by atoms with Gasteiger partial charge in [0.2, 0.25) is 0 Å². The lowest BCUT2D eigenvalue weighted by Crippen LogP contribution is -1.96. The Morgan fingerprint density at radius 2 is 0.844 bits per heavy atom. The summed E-state index contributed by atoms with van der Waals surface area (Å²) in [7, 11) is 0. The lowest BCUT2D eigenvalue weighted by atomic mass is 10.1. The van der Waals surface area contributed by atoms with Gasteiger partial charge in [-0.15, -0.1) is 0 Å². The fourth-order valence-corrected chi connectivity index (χ4v) is 5.22. The highest BCUT2D eigenvalue weighted by atomic mass is 15.0. The molecule has 150 valence electrons. The molecule has 0 atom stereocenters. The van der Waals surface area contributed by atoms with Crippen molar-refractivity contribution in [3.63, 3.8) is 0 Å². The SMILES string of the molecule is c1ccc(-n2c3ccccc3c3c(-n4c5ccccc5c5ccccc54)cccc32)cc1. The van der Waals surface area contributed by atoms with Crippen LogP contribution >= 0.6 is 0 Å². The molecule has 0 aliphatic heterocycles. The van der Waals surface area contributed by atoms with Crippen LogP contribution in [0.3, 0.4) is 0 Å². The number of nitrogens with zero attached hydrogens (tertiary/aromatic N) is 2. The quantitative estimate of drug-likeness (QED) is 0.275. The predicted molar refractivity (Wildman–Crippen MR) is 135 cm³/mol. The third kappa shape index (κ3) is 2.29. The van der Waals surface area contributed by atoms with Crippen LogP contribution in [0, 0.1) is 0 Å². The number of hydrogen-bond acceptors (Lipinski definition) is 0. The largest absolute Gasteiger partial charge is 0.309 e. The number of para-hydroxylation sites is 4. The summed E-state index contributed by atoms with van der Waals surface area (Å²) in [6.45, 7) is 0. The smallest absolute Gasteiger partial charge is 0.0562 e. The van der Waals surface area contributed by atoms with Crippen molar-refractivity contribution in [2.45, 2.75) is 0 Å². The van der Waals surface area contributed by atoms with Crippen LogP contribution in [0.4, 0.5) is 0 Å². The van der Waals surface area contributed by atoms with E-state index in [0.29, 0.717) is 0 Å². The molecule has 0 aliphatic rings. The summed E-state index contributed by atoms with van der Waals surface area (Å²) in [6.07, 6.45) is 0. The summed E-state index contributed by atoms with van der Waals surface area (Å²) in [5.74, 6) is 0. The molecular formula is C30H20N2. The van der Waals surface area contributed by atoms with E-state index in [4.69, 9.17) is 0 Å². The number of fused-ring (bicyclic) bond motifs is 6. The molecule has 0 saturated carbocycles. The predicted octanol–water partition coefficient (Wildman–Crippen LogP) is 7.88. The zero-order chi connectivity index (χ0) is 21.1. The van der Waals surface area contributed by atoms with Gasteiger partial charge in [-0.05, 0) is 42.5 Å². The monoisotopic (exact) mass is 408 g/mol. The summed E-state index contributed by atoms with van der Waals surface area (Å²) < 4.78 is 4.80. The highest BCUT2D eigenvalue weighted by Gasteiger charge is 2.18. The van der Waals surface area contributed by atoms with Crippen molar-refractivity contribution in [1.29, 1.82) is 0 Å². The third-order valence-corrected chi connectivity index (χ3v) is 6.51. The van der Waals surface area contributed by atoms with Crippen LogP contribution in [0.15, 0.2) is 121 Å². The maximum Gasteiger partial charge on any atom is 0.0562 e. The highest BCUT2D eigenvalue weighted by Crippen LogP contribution is 2.39. The number of hydrogen-bond donors (Lipinski definition) is 0. The van der Waals surface area contributed by atoms with Crippen LogP contribution in [-0.4, -0.2) is 9.13 Å². The molecule has 2 heterocycles. The number of aromatic nitrogens is 2. The highest BCUT2D eigenvalue weighted by molar-refractivity contribution is 6.16. The summed E-state index contributed by atoms with van der Waals surface area (Å²) >= 11 is 0. The molecule has 0 fully saturated rings. The topological polar surface area (TPSA) is 9.86 Å². The van der Waals surface area contributed by atoms with Crippen LogP contribution in [0.2, 0.25) is 0 Å². The van der Waals surface area contributed by atoms with Crippen molar-refractivity contribution in [3.8, 4) is 11.4 Å². The summed E-state index contributed by atoms with van der Waals surface area (Å²) in [5.41, 5.74) is 7.30. The second-order valence-corrected chi connectivity index (χ2v) is 8.23. The summed E-state index contributed by atoms with van der Waals surface area (Å²) in [4.78, 5) is 0. The standard InChI is InChI=1S/C30H20N2/c1-2-11-21(12-3-1)31-27-18-9-6-15-24(27)30-28(31)19-10-20-29(30)32-25-16-7-4-13-22(25)23-14-5-8-17-26(23)32/h1-20H. The molecule has 0 spiro atoms. The van der Waals surface area contributed by atoms with Gasteiger partial charge in [-0.2, -0.15) is 0 Å². The first kappa shape index (κ1) is 17.4. The first-order valence-electron chi connectivity index (χ1n) is 11.0. The molecule has 2 nitrogen and oxygen atoms in total. The van der Waals surface area contributed by atoms with E-state index in [0.717, 1.165) is 0 Å². The Bertz CT molecular complexity index is 1710. The van der Waals surface area contributed by atoms with E-state index in [9.17, 15) is 0 Å². The van der Waals surface area contributed by atoms with E-state index in [2.05, 4.69) is 130 Å². The molecule has 0 N–H and O–H groups in total. The first-order valence-corrected chi connectivity index (χ1v) is 11.0. The maximum absolute atomic E-state index is 2.43. The Morgan fingerprint density at radius 3 is 1.50 bits per heavy atom. The van der Waals surface area contributed by atoms with Crippen molar-refractivity contribution in [1.82, 2.24) is 9.13 Å². The van der Waals surface area contributed by atoms with Crippen LogP contribution in [-0.2, 0) is 0 Å². The molecule has 32 heavy (non-hydrogen) atoms. The van der Waals surface area contributed by atoms with Crippen molar-refractivity contribution in [2.24, 2.45) is 0 Å². The second-order valence-electron chi connectivity index (χ2n) is 8.23. The molecule has 7 rings (SSSR count). The molecule has 7 aromatic rings. The van der Waals surface area contributed by atoms with E-state index in [1.54, 1.807) is 0 Å². The Labute approximate surface area is 185 Å². The van der Waals surface area contributed by atoms with Gasteiger partial charge in [0.1, 0.15) is 0 Å². The van der Waals surface area contributed by atoms with Crippen molar-refractivity contribution < 1.29 is 0 Å². The average molecular weight is 409 g/mol. The molecule has 0 radical (unpaired) electrons. The first-order chi connectivity index (χ1) is 15.9. The zero-order valence-corrected chi connectivity index (χ0v) is 17.4. The minimum Gasteiger partial charge on any atom is -0.309 e. The summed E-state index contributed by atoms with van der Waals surface area (Å²) in [6, 6.07) is 43.4. The van der Waals surface area contributed by atoms with Gasteiger partial charge in [-0.1, -0.05) is 78.9 Å². The fraction of sp³-hybridized carbons (Fsp3) is 0. The normalized spacial score (nSPS) is 11.8. The number of rotatable bonds is 2. The second kappa shape index (κ2) is 6.60. The van der Waals surface area contributed by atoms with Gasteiger partial charge in [0, 0.05) is 27.2 Å². The van der Waals surface area contributed by atoms with Crippen LogP contribution in [0.1, 0.15) is 0 Å². The molecule has 0 bridgehead atoms. The molecular weight excluding hydrogens is 388 g/mol. The third-order valence-electron chi connectivity index (χ3n) is 6.51. The fourth-order valence-electron chi connectivity index (χ4n) is 5.22. The minimum absolute atomic E-state index is 1.18. The van der Waals surface area contributed by atoms with Gasteiger partial charge in [-0.3, -0.25) is 0 Å². The lowest BCUT2D eigenvalue weighted by Gasteiger charge is -2.11. The minimum atomic E-state index is 1.18. The molecule has 2 heteroatoms. The van der Waals surface area contributed by atoms with Crippen LogP contribution in [0.25, 0.3) is 55.0 Å². The average Bonchev–Trinajstić information content (AvgIpc) is 3.38. The van der Waals surface area contributed by atoms with E-state index in [1.165, 1.54) is 55.0 Å². The van der Waals surface area contributed by atoms with Gasteiger partial charge in [0.05, 0.1) is 27.8 Å². The van der Waals surface area contributed by atoms with E-state index < -0.39 is 0 Å². The van der Waals surface area contributed by atoms with Gasteiger partial charge in [0.25, 0.3) is 0 Å². The molecule has 0 aliphatic carbocycles. The Hall–Kier alpha value is -4.30. The molecule has 0 unspecified atom stereocenters. The maximum atomic E-state index is 2.43. The van der Waals surface area contributed by atoms with Crippen molar-refractivity contribution in [2.75, 3.05) is 0 Å². The number of benzene rings is 5. The van der Waals surface area contributed by atoms with Crippen molar-refractivity contribution >= 4 is 43.6 Å². The zero-order valence-electron chi connectivity index (χ0n) is 17.4. The van der Waals surface area contributed by atoms with Gasteiger partial charge >= 0.3 is 0 Å². The Balaban J connectivity index is 1.70. The van der Waals surface area contributed by atoms with Crippen LogP contribution < -0.4 is 0 Å².